The van der Waals surface area contributed by atoms with Crippen molar-refractivity contribution in [1.29, 1.82) is 5.26 Å². The Morgan fingerprint density at radius 1 is 1.20 bits per heavy atom. The molecule has 5 heteroatoms. The molecule has 0 fully saturated rings. The number of aromatic amines is 1. The molecule has 0 atom stereocenters. The number of rotatable bonds is 3. The fraction of sp³-hybridized carbons (Fsp3) is 0. The first-order valence-corrected chi connectivity index (χ1v) is 6.00. The highest BCUT2D eigenvalue weighted by Crippen LogP contribution is 2.21. The molecule has 1 N–H and O–H groups in total. The Bertz CT molecular complexity index is 778. The van der Waals surface area contributed by atoms with Gasteiger partial charge in [0, 0.05) is 5.56 Å². The monoisotopic (exact) mass is 262 g/mol. The molecule has 1 aromatic carbocycles. The van der Waals surface area contributed by atoms with Crippen LogP contribution >= 0.6 is 0 Å². The van der Waals surface area contributed by atoms with Crippen LogP contribution in [0, 0.1) is 11.3 Å². The zero-order valence-electron chi connectivity index (χ0n) is 10.4. The highest BCUT2D eigenvalue weighted by Gasteiger charge is 2.08. The first-order chi connectivity index (χ1) is 9.86. The minimum absolute atomic E-state index is 0.358. The van der Waals surface area contributed by atoms with Crippen LogP contribution < -0.4 is 0 Å². The van der Waals surface area contributed by atoms with Gasteiger partial charge in [-0.25, -0.2) is 5.10 Å². The lowest BCUT2D eigenvalue weighted by atomic mass is 10.1. The summed E-state index contributed by atoms with van der Waals surface area (Å²) in [5, 5.41) is 19.1. The molecular formula is C15H10N4O. The smallest absolute Gasteiger partial charge is 0.163 e. The molecule has 0 aliphatic carbocycles. The lowest BCUT2D eigenvalue weighted by Gasteiger charge is -1.98. The second-order valence-electron chi connectivity index (χ2n) is 4.12. The highest BCUT2D eigenvalue weighted by atomic mass is 16.3. The molecule has 20 heavy (non-hydrogen) atoms. The van der Waals surface area contributed by atoms with Crippen LogP contribution in [0.3, 0.4) is 0 Å². The molecule has 0 spiro atoms. The molecule has 96 valence electrons. The van der Waals surface area contributed by atoms with Gasteiger partial charge in [0.15, 0.2) is 5.69 Å². The van der Waals surface area contributed by atoms with Gasteiger partial charge in [-0.3, -0.25) is 0 Å². The van der Waals surface area contributed by atoms with Crippen LogP contribution in [0.2, 0.25) is 0 Å². The molecule has 2 heterocycles. The Balaban J connectivity index is 1.92. The van der Waals surface area contributed by atoms with E-state index in [0.29, 0.717) is 11.4 Å². The molecule has 5 nitrogen and oxygen atoms in total. The average Bonchev–Trinajstić information content (AvgIpc) is 3.16. The van der Waals surface area contributed by atoms with E-state index in [2.05, 4.69) is 15.4 Å². The summed E-state index contributed by atoms with van der Waals surface area (Å²) in [5.74, 6) is 0.787. The largest absolute Gasteiger partial charge is 0.465 e. The van der Waals surface area contributed by atoms with Crippen LogP contribution in [-0.4, -0.2) is 15.4 Å². The standard InChI is InChI=1S/C15H10N4O/c16-10-14-15(18-19-17-14)12-4-1-3-11(9-12)6-7-13-5-2-8-20-13/h1-9H,(H,17,18,19)/b7-6+. The zero-order chi connectivity index (χ0) is 13.8. The van der Waals surface area contributed by atoms with Gasteiger partial charge in [0.1, 0.15) is 17.5 Å². The summed E-state index contributed by atoms with van der Waals surface area (Å²) in [7, 11) is 0. The zero-order valence-corrected chi connectivity index (χ0v) is 10.4. The number of hydrogen-bond acceptors (Lipinski definition) is 4. The predicted molar refractivity (Wildman–Crippen MR) is 74.2 cm³/mol. The maximum absolute atomic E-state index is 8.98. The van der Waals surface area contributed by atoms with Gasteiger partial charge in [-0.15, -0.1) is 5.10 Å². The van der Waals surface area contributed by atoms with Gasteiger partial charge in [-0.2, -0.15) is 5.26 Å². The SMILES string of the molecule is N#Cc1[nH]nnc1-c1cccc(/C=C/c2ccco2)c1. The Kier molecular flexibility index (Phi) is 3.13. The van der Waals surface area contributed by atoms with Crippen molar-refractivity contribution in [2.45, 2.75) is 0 Å². The molecule has 0 saturated heterocycles. The van der Waals surface area contributed by atoms with Crippen molar-refractivity contribution >= 4 is 12.2 Å². The van der Waals surface area contributed by atoms with Crippen molar-refractivity contribution in [2.75, 3.05) is 0 Å². The lowest BCUT2D eigenvalue weighted by molar-refractivity contribution is 0.557. The van der Waals surface area contributed by atoms with Crippen LogP contribution in [0.25, 0.3) is 23.4 Å². The second-order valence-corrected chi connectivity index (χ2v) is 4.12. The lowest BCUT2D eigenvalue weighted by Crippen LogP contribution is -1.83. The van der Waals surface area contributed by atoms with Gasteiger partial charge < -0.3 is 4.42 Å². The van der Waals surface area contributed by atoms with E-state index in [1.165, 1.54) is 0 Å². The third kappa shape index (κ3) is 2.35. The van der Waals surface area contributed by atoms with Gasteiger partial charge in [-0.1, -0.05) is 29.5 Å². The number of hydrogen-bond donors (Lipinski definition) is 1. The maximum Gasteiger partial charge on any atom is 0.163 e. The topological polar surface area (TPSA) is 78.5 Å². The van der Waals surface area contributed by atoms with Crippen LogP contribution in [-0.2, 0) is 0 Å². The third-order valence-corrected chi connectivity index (χ3v) is 2.80. The Labute approximate surface area is 115 Å². The molecule has 0 amide bonds. The van der Waals surface area contributed by atoms with E-state index in [9.17, 15) is 0 Å². The Morgan fingerprint density at radius 3 is 2.95 bits per heavy atom. The predicted octanol–water partition coefficient (Wildman–Crippen LogP) is 3.11. The van der Waals surface area contributed by atoms with Crippen molar-refractivity contribution in [1.82, 2.24) is 15.4 Å². The maximum atomic E-state index is 8.98. The number of nitrogens with one attached hydrogen (secondary N) is 1. The Morgan fingerprint density at radius 2 is 2.15 bits per heavy atom. The molecule has 0 radical (unpaired) electrons. The van der Waals surface area contributed by atoms with E-state index >= 15 is 0 Å². The normalized spacial score (nSPS) is 10.8. The minimum Gasteiger partial charge on any atom is -0.465 e. The third-order valence-electron chi connectivity index (χ3n) is 2.80. The van der Waals surface area contributed by atoms with Crippen molar-refractivity contribution < 1.29 is 4.42 Å². The summed E-state index contributed by atoms with van der Waals surface area (Å²) >= 11 is 0. The first-order valence-electron chi connectivity index (χ1n) is 6.00. The van der Waals surface area contributed by atoms with E-state index < -0.39 is 0 Å². The number of benzene rings is 1. The van der Waals surface area contributed by atoms with Crippen molar-refractivity contribution in [2.24, 2.45) is 0 Å². The number of aromatic nitrogens is 3. The average molecular weight is 262 g/mol. The van der Waals surface area contributed by atoms with Crippen LogP contribution in [0.5, 0.6) is 0 Å². The molecule has 0 aliphatic heterocycles. The highest BCUT2D eigenvalue weighted by molar-refractivity contribution is 5.72. The van der Waals surface area contributed by atoms with Gasteiger partial charge in [0.2, 0.25) is 0 Å². The van der Waals surface area contributed by atoms with Gasteiger partial charge >= 0.3 is 0 Å². The molecule has 3 rings (SSSR count). The second kappa shape index (κ2) is 5.24. The summed E-state index contributed by atoms with van der Waals surface area (Å²) in [5.41, 5.74) is 2.75. The summed E-state index contributed by atoms with van der Waals surface area (Å²) in [6.45, 7) is 0. The number of nitriles is 1. The van der Waals surface area contributed by atoms with E-state index in [1.807, 2.05) is 54.6 Å². The van der Waals surface area contributed by atoms with Crippen LogP contribution in [0.4, 0.5) is 0 Å². The quantitative estimate of drug-likeness (QED) is 0.786. The number of H-pyrrole nitrogens is 1. The number of nitrogens with zero attached hydrogens (tertiary/aromatic N) is 3. The molecule has 3 aromatic rings. The van der Waals surface area contributed by atoms with E-state index in [4.69, 9.17) is 9.68 Å². The first kappa shape index (κ1) is 11.9. The fourth-order valence-corrected chi connectivity index (χ4v) is 1.86. The summed E-state index contributed by atoms with van der Waals surface area (Å²) < 4.78 is 5.24. The van der Waals surface area contributed by atoms with Gasteiger partial charge in [0.25, 0.3) is 0 Å². The van der Waals surface area contributed by atoms with E-state index in [0.717, 1.165) is 16.9 Å². The molecule has 0 unspecified atom stereocenters. The molecular weight excluding hydrogens is 252 g/mol. The summed E-state index contributed by atoms with van der Waals surface area (Å²) in [6, 6.07) is 13.5. The van der Waals surface area contributed by atoms with Crippen molar-refractivity contribution in [3.05, 3.63) is 59.7 Å². The number of furan rings is 1. The van der Waals surface area contributed by atoms with Crippen LogP contribution in [0.15, 0.2) is 47.1 Å². The van der Waals surface area contributed by atoms with Gasteiger partial charge in [-0.05, 0) is 29.8 Å². The summed E-state index contributed by atoms with van der Waals surface area (Å²) in [6.07, 6.45) is 5.45. The van der Waals surface area contributed by atoms with Crippen molar-refractivity contribution in [3.63, 3.8) is 0 Å². The van der Waals surface area contributed by atoms with Crippen molar-refractivity contribution in [3.8, 4) is 17.3 Å². The van der Waals surface area contributed by atoms with Gasteiger partial charge in [0.05, 0.1) is 6.26 Å². The minimum atomic E-state index is 0.358. The molecule has 0 aliphatic rings. The van der Waals surface area contributed by atoms with Crippen LogP contribution in [0.1, 0.15) is 17.0 Å². The summed E-state index contributed by atoms with van der Waals surface area (Å²) in [4.78, 5) is 0. The Hall–Kier alpha value is -3.13. The fourth-order valence-electron chi connectivity index (χ4n) is 1.86. The molecule has 2 aromatic heterocycles. The van der Waals surface area contributed by atoms with E-state index in [-0.39, 0.29) is 0 Å². The molecule has 0 bridgehead atoms. The molecule has 0 saturated carbocycles. The van der Waals surface area contributed by atoms with E-state index in [1.54, 1.807) is 6.26 Å².